The van der Waals surface area contributed by atoms with E-state index in [4.69, 9.17) is 4.74 Å². The van der Waals surface area contributed by atoms with E-state index in [0.717, 1.165) is 5.56 Å². The van der Waals surface area contributed by atoms with E-state index in [9.17, 15) is 4.39 Å². The van der Waals surface area contributed by atoms with Crippen LogP contribution in [0.25, 0.3) is 0 Å². The smallest absolute Gasteiger partial charge is 0.123 e. The fourth-order valence-corrected chi connectivity index (χ4v) is 2.67. The molecule has 3 rings (SSSR count). The number of benzene rings is 2. The van der Waals surface area contributed by atoms with Crippen LogP contribution in [0.1, 0.15) is 35.7 Å². The van der Waals surface area contributed by atoms with E-state index in [1.54, 1.807) is 0 Å². The zero-order chi connectivity index (χ0) is 13.9. The molecule has 1 heterocycles. The van der Waals surface area contributed by atoms with Crippen molar-refractivity contribution in [2.24, 2.45) is 0 Å². The molecule has 0 fully saturated rings. The fourth-order valence-electron chi connectivity index (χ4n) is 2.67. The zero-order valence-corrected chi connectivity index (χ0v) is 11.5. The number of ether oxygens (including phenoxy) is 1. The Balaban J connectivity index is 1.77. The number of fused-ring (bicyclic) bond motifs is 1. The van der Waals surface area contributed by atoms with E-state index < -0.39 is 0 Å². The normalized spacial score (nSPS) is 19.4. The van der Waals surface area contributed by atoms with Crippen LogP contribution in [0.2, 0.25) is 0 Å². The van der Waals surface area contributed by atoms with Gasteiger partial charge in [0.1, 0.15) is 5.82 Å². The number of hydrogen-bond acceptors (Lipinski definition) is 2. The minimum absolute atomic E-state index is 0.148. The van der Waals surface area contributed by atoms with E-state index in [1.165, 1.54) is 23.3 Å². The Morgan fingerprint density at radius 3 is 2.70 bits per heavy atom. The van der Waals surface area contributed by atoms with Crippen LogP contribution < -0.4 is 5.32 Å². The molecular formula is C17H18FNO. The lowest BCUT2D eigenvalue weighted by Crippen LogP contribution is -2.31. The number of rotatable bonds is 3. The topological polar surface area (TPSA) is 21.3 Å². The van der Waals surface area contributed by atoms with Gasteiger partial charge in [0.25, 0.3) is 0 Å². The Hall–Kier alpha value is -1.71. The van der Waals surface area contributed by atoms with Gasteiger partial charge in [-0.1, -0.05) is 36.4 Å². The summed E-state index contributed by atoms with van der Waals surface area (Å²) in [6.45, 7) is 3.44. The maximum atomic E-state index is 13.0. The molecule has 104 valence electrons. The molecule has 2 atom stereocenters. The second-order valence-electron chi connectivity index (χ2n) is 5.21. The molecule has 0 saturated heterocycles. The molecule has 0 amide bonds. The van der Waals surface area contributed by atoms with Crippen molar-refractivity contribution in [3.8, 4) is 0 Å². The Kier molecular flexibility index (Phi) is 3.81. The lowest BCUT2D eigenvalue weighted by atomic mass is 9.97. The second kappa shape index (κ2) is 5.73. The van der Waals surface area contributed by atoms with Crippen molar-refractivity contribution in [2.75, 3.05) is 6.61 Å². The van der Waals surface area contributed by atoms with Gasteiger partial charge < -0.3 is 10.1 Å². The molecule has 20 heavy (non-hydrogen) atoms. The van der Waals surface area contributed by atoms with Crippen LogP contribution in [0.15, 0.2) is 48.5 Å². The van der Waals surface area contributed by atoms with Gasteiger partial charge in [-0.2, -0.15) is 0 Å². The SMILES string of the molecule is C[C@@H](NC1COCc2ccccc21)c1ccc(F)cc1. The van der Waals surface area contributed by atoms with Crippen molar-refractivity contribution in [1.29, 1.82) is 0 Å². The lowest BCUT2D eigenvalue weighted by molar-refractivity contribution is 0.0791. The summed E-state index contributed by atoms with van der Waals surface area (Å²) in [5, 5.41) is 3.56. The molecule has 0 aromatic heterocycles. The van der Waals surface area contributed by atoms with Crippen LogP contribution in [-0.2, 0) is 11.3 Å². The summed E-state index contributed by atoms with van der Waals surface area (Å²) in [5.74, 6) is -0.202. The highest BCUT2D eigenvalue weighted by atomic mass is 19.1. The Bertz CT molecular complexity index is 582. The summed E-state index contributed by atoms with van der Waals surface area (Å²) in [7, 11) is 0. The lowest BCUT2D eigenvalue weighted by Gasteiger charge is -2.29. The Morgan fingerprint density at radius 1 is 1.15 bits per heavy atom. The first-order valence-corrected chi connectivity index (χ1v) is 6.91. The summed E-state index contributed by atoms with van der Waals surface area (Å²) in [5.41, 5.74) is 3.62. The second-order valence-corrected chi connectivity index (χ2v) is 5.21. The highest BCUT2D eigenvalue weighted by Crippen LogP contribution is 2.27. The van der Waals surface area contributed by atoms with E-state index in [0.29, 0.717) is 13.2 Å². The highest BCUT2D eigenvalue weighted by molar-refractivity contribution is 5.31. The molecule has 1 aliphatic rings. The third-order valence-electron chi connectivity index (χ3n) is 3.79. The molecule has 1 aliphatic heterocycles. The summed E-state index contributed by atoms with van der Waals surface area (Å²) in [4.78, 5) is 0. The molecule has 0 aliphatic carbocycles. The first kappa shape index (κ1) is 13.3. The van der Waals surface area contributed by atoms with Gasteiger partial charge in [-0.05, 0) is 35.7 Å². The van der Waals surface area contributed by atoms with Gasteiger partial charge in [0.05, 0.1) is 19.3 Å². The van der Waals surface area contributed by atoms with E-state index in [1.807, 2.05) is 18.2 Å². The summed E-state index contributed by atoms with van der Waals surface area (Å²) in [6.07, 6.45) is 0. The monoisotopic (exact) mass is 271 g/mol. The van der Waals surface area contributed by atoms with Gasteiger partial charge in [-0.3, -0.25) is 0 Å². The quantitative estimate of drug-likeness (QED) is 0.918. The van der Waals surface area contributed by atoms with Crippen molar-refractivity contribution in [2.45, 2.75) is 25.6 Å². The fraction of sp³-hybridized carbons (Fsp3) is 0.294. The van der Waals surface area contributed by atoms with Crippen molar-refractivity contribution < 1.29 is 9.13 Å². The Morgan fingerprint density at radius 2 is 1.90 bits per heavy atom. The largest absolute Gasteiger partial charge is 0.375 e. The minimum Gasteiger partial charge on any atom is -0.375 e. The summed E-state index contributed by atoms with van der Waals surface area (Å²) >= 11 is 0. The minimum atomic E-state index is -0.202. The maximum Gasteiger partial charge on any atom is 0.123 e. The van der Waals surface area contributed by atoms with Gasteiger partial charge in [-0.15, -0.1) is 0 Å². The van der Waals surface area contributed by atoms with Crippen LogP contribution in [0.3, 0.4) is 0 Å². The van der Waals surface area contributed by atoms with E-state index in [-0.39, 0.29) is 17.9 Å². The summed E-state index contributed by atoms with van der Waals surface area (Å²) < 4.78 is 18.6. The number of hydrogen-bond donors (Lipinski definition) is 1. The molecular weight excluding hydrogens is 253 g/mol. The van der Waals surface area contributed by atoms with E-state index in [2.05, 4.69) is 30.4 Å². The molecule has 1 N–H and O–H groups in total. The van der Waals surface area contributed by atoms with Crippen LogP contribution in [-0.4, -0.2) is 6.61 Å². The standard InChI is InChI=1S/C17H18FNO/c1-12(13-6-8-15(18)9-7-13)19-17-11-20-10-14-4-2-3-5-16(14)17/h2-9,12,17,19H,10-11H2,1H3/t12-,17?/m1/s1. The average molecular weight is 271 g/mol. The van der Waals surface area contributed by atoms with Crippen LogP contribution in [0.4, 0.5) is 4.39 Å². The van der Waals surface area contributed by atoms with E-state index >= 15 is 0 Å². The van der Waals surface area contributed by atoms with Gasteiger partial charge >= 0.3 is 0 Å². The number of nitrogens with one attached hydrogen (secondary N) is 1. The van der Waals surface area contributed by atoms with Crippen LogP contribution >= 0.6 is 0 Å². The van der Waals surface area contributed by atoms with Crippen LogP contribution in [0, 0.1) is 5.82 Å². The summed E-state index contributed by atoms with van der Waals surface area (Å²) in [6, 6.07) is 15.3. The van der Waals surface area contributed by atoms with Crippen molar-refractivity contribution >= 4 is 0 Å². The third-order valence-corrected chi connectivity index (χ3v) is 3.79. The molecule has 1 unspecified atom stereocenters. The molecule has 0 saturated carbocycles. The molecule has 3 heteroatoms. The Labute approximate surface area is 118 Å². The third kappa shape index (κ3) is 2.74. The molecule has 0 spiro atoms. The van der Waals surface area contributed by atoms with Gasteiger partial charge in [-0.25, -0.2) is 4.39 Å². The molecule has 0 bridgehead atoms. The highest BCUT2D eigenvalue weighted by Gasteiger charge is 2.21. The molecule has 0 radical (unpaired) electrons. The van der Waals surface area contributed by atoms with Gasteiger partial charge in [0.2, 0.25) is 0 Å². The zero-order valence-electron chi connectivity index (χ0n) is 11.5. The maximum absolute atomic E-state index is 13.0. The molecule has 2 aromatic rings. The molecule has 2 aromatic carbocycles. The first-order chi connectivity index (χ1) is 9.74. The van der Waals surface area contributed by atoms with Crippen LogP contribution in [0.5, 0.6) is 0 Å². The first-order valence-electron chi connectivity index (χ1n) is 6.91. The number of halogens is 1. The average Bonchev–Trinajstić information content (AvgIpc) is 2.48. The predicted octanol–water partition coefficient (Wildman–Crippen LogP) is 3.75. The van der Waals surface area contributed by atoms with Crippen molar-refractivity contribution in [1.82, 2.24) is 5.32 Å². The van der Waals surface area contributed by atoms with Crippen molar-refractivity contribution in [3.63, 3.8) is 0 Å². The van der Waals surface area contributed by atoms with Crippen molar-refractivity contribution in [3.05, 3.63) is 71.0 Å². The van der Waals surface area contributed by atoms with Gasteiger partial charge in [0, 0.05) is 6.04 Å². The van der Waals surface area contributed by atoms with Gasteiger partial charge in [0.15, 0.2) is 0 Å². The molecule has 2 nitrogen and oxygen atoms in total. The predicted molar refractivity (Wildman–Crippen MR) is 76.8 cm³/mol.